The van der Waals surface area contributed by atoms with Crippen LogP contribution in [0.1, 0.15) is 40.1 Å². The van der Waals surface area contributed by atoms with Gasteiger partial charge in [-0.1, -0.05) is 0 Å². The molecule has 2 atom stereocenters. The zero-order valence-electron chi connectivity index (χ0n) is 20.0. The molecule has 0 saturated heterocycles. The van der Waals surface area contributed by atoms with E-state index in [1.165, 1.54) is 43.5 Å². The molecule has 2 N–H and O–H groups in total. The third kappa shape index (κ3) is 7.74. The Hall–Kier alpha value is -4.05. The summed E-state index contributed by atoms with van der Waals surface area (Å²) in [5, 5.41) is 11.6. The Morgan fingerprint density at radius 3 is 2.14 bits per heavy atom. The van der Waals surface area contributed by atoms with Crippen molar-refractivity contribution < 1.29 is 37.7 Å². The van der Waals surface area contributed by atoms with Gasteiger partial charge in [-0.3, -0.25) is 4.79 Å². The van der Waals surface area contributed by atoms with Crippen LogP contribution in [0.3, 0.4) is 0 Å². The van der Waals surface area contributed by atoms with E-state index in [1.54, 1.807) is 19.9 Å². The molecule has 1 amide bonds. The van der Waals surface area contributed by atoms with E-state index < -0.39 is 29.6 Å². The monoisotopic (exact) mass is 500 g/mol. The molecule has 1 aromatic heterocycles. The number of aromatic carboxylic acids is 1. The van der Waals surface area contributed by atoms with Crippen LogP contribution < -0.4 is 14.8 Å². The summed E-state index contributed by atoms with van der Waals surface area (Å²) in [7, 11) is 1.54. The Morgan fingerprint density at radius 2 is 1.58 bits per heavy atom. The first-order valence-electron chi connectivity index (χ1n) is 11.1. The zero-order valence-corrected chi connectivity index (χ0v) is 20.0. The van der Waals surface area contributed by atoms with Gasteiger partial charge in [-0.25, -0.2) is 18.6 Å². The molecule has 3 aromatic rings. The normalized spacial score (nSPS) is 12.5. The first-order valence-corrected chi connectivity index (χ1v) is 11.1. The van der Waals surface area contributed by atoms with Crippen LogP contribution in [-0.4, -0.2) is 47.9 Å². The topological polar surface area (TPSA) is 107 Å². The molecule has 2 aromatic carbocycles. The second-order valence-corrected chi connectivity index (χ2v) is 8.18. The van der Waals surface area contributed by atoms with Gasteiger partial charge >= 0.3 is 5.97 Å². The van der Waals surface area contributed by atoms with Crippen molar-refractivity contribution in [2.45, 2.75) is 32.5 Å². The molecule has 0 radical (unpaired) electrons. The largest absolute Gasteiger partial charge is 0.490 e. The summed E-state index contributed by atoms with van der Waals surface area (Å²) >= 11 is 0. The van der Waals surface area contributed by atoms with E-state index in [4.69, 9.17) is 19.3 Å². The summed E-state index contributed by atoms with van der Waals surface area (Å²) in [4.78, 5) is 27.9. The van der Waals surface area contributed by atoms with Crippen molar-refractivity contribution >= 4 is 17.7 Å². The number of aromatic nitrogens is 1. The van der Waals surface area contributed by atoms with Gasteiger partial charge in [-0.05, 0) is 55.8 Å². The average Bonchev–Trinajstić information content (AvgIpc) is 2.78. The number of halogens is 2. The fourth-order valence-corrected chi connectivity index (χ4v) is 3.46. The number of methoxy groups -OCH3 is 1. The number of carboxylic acid groups (broad SMARTS) is 1. The van der Waals surface area contributed by atoms with Crippen LogP contribution in [0.25, 0.3) is 0 Å². The number of nitrogens with zero attached hydrogens (tertiary/aromatic N) is 1. The lowest BCUT2D eigenvalue weighted by Crippen LogP contribution is -2.20. The minimum Gasteiger partial charge on any atom is -0.490 e. The Kier molecular flexibility index (Phi) is 8.91. The molecule has 0 saturated carbocycles. The number of carbonyl (C=O) groups is 2. The lowest BCUT2D eigenvalue weighted by atomic mass is 10.1. The maximum absolute atomic E-state index is 13.5. The molecule has 0 aliphatic heterocycles. The van der Waals surface area contributed by atoms with E-state index in [0.717, 1.165) is 12.3 Å². The number of nitrogens with one attached hydrogen (secondary N) is 1. The van der Waals surface area contributed by atoms with Gasteiger partial charge in [-0.2, -0.15) is 0 Å². The molecule has 1 heterocycles. The van der Waals surface area contributed by atoms with E-state index in [9.17, 15) is 18.4 Å². The fraction of sp³-hybridized carbons (Fsp3) is 0.269. The maximum Gasteiger partial charge on any atom is 0.337 e. The molecular formula is C26H26F2N2O6. The Bertz CT molecular complexity index is 1200. The van der Waals surface area contributed by atoms with Gasteiger partial charge in [0.05, 0.1) is 18.3 Å². The molecule has 10 heteroatoms. The van der Waals surface area contributed by atoms with Crippen molar-refractivity contribution in [3.05, 3.63) is 83.1 Å². The van der Waals surface area contributed by atoms with Crippen molar-refractivity contribution in [2.24, 2.45) is 0 Å². The van der Waals surface area contributed by atoms with Gasteiger partial charge in [-0.15, -0.1) is 0 Å². The summed E-state index contributed by atoms with van der Waals surface area (Å²) in [6.45, 7) is 3.84. The minimum absolute atomic E-state index is 0.0154. The highest BCUT2D eigenvalue weighted by Gasteiger charge is 2.16. The first kappa shape index (κ1) is 26.6. The summed E-state index contributed by atoms with van der Waals surface area (Å²) in [5.41, 5.74) is 0.605. The Morgan fingerprint density at radius 1 is 0.944 bits per heavy atom. The Balaban J connectivity index is 1.81. The van der Waals surface area contributed by atoms with Gasteiger partial charge in [0.15, 0.2) is 0 Å². The number of amides is 1. The van der Waals surface area contributed by atoms with Gasteiger partial charge in [0.2, 0.25) is 0 Å². The van der Waals surface area contributed by atoms with Crippen molar-refractivity contribution in [1.29, 1.82) is 0 Å². The van der Waals surface area contributed by atoms with E-state index in [0.29, 0.717) is 23.7 Å². The van der Waals surface area contributed by atoms with Crippen LogP contribution in [0.5, 0.6) is 11.5 Å². The number of carboxylic acids is 1. The van der Waals surface area contributed by atoms with Crippen LogP contribution >= 0.6 is 0 Å². The lowest BCUT2D eigenvalue weighted by molar-refractivity contribution is 0.0696. The van der Waals surface area contributed by atoms with Gasteiger partial charge in [0, 0.05) is 37.4 Å². The second-order valence-electron chi connectivity index (χ2n) is 8.18. The number of carbonyl (C=O) groups excluding carboxylic acids is 1. The predicted octanol–water partition coefficient (Wildman–Crippen LogP) is 4.73. The highest BCUT2D eigenvalue weighted by Crippen LogP contribution is 2.26. The molecule has 190 valence electrons. The van der Waals surface area contributed by atoms with Gasteiger partial charge in [0.1, 0.15) is 35.1 Å². The third-order valence-electron chi connectivity index (χ3n) is 4.92. The summed E-state index contributed by atoms with van der Waals surface area (Å²) in [6.07, 6.45) is 0.550. The molecule has 36 heavy (non-hydrogen) atoms. The quantitative estimate of drug-likeness (QED) is 0.392. The molecule has 8 nitrogen and oxygen atoms in total. The van der Waals surface area contributed by atoms with E-state index in [2.05, 4.69) is 10.3 Å². The fourth-order valence-electron chi connectivity index (χ4n) is 3.46. The van der Waals surface area contributed by atoms with Crippen LogP contribution in [-0.2, 0) is 11.2 Å². The third-order valence-corrected chi connectivity index (χ3v) is 4.92. The van der Waals surface area contributed by atoms with Crippen LogP contribution in [0, 0.1) is 11.6 Å². The smallest absolute Gasteiger partial charge is 0.337 e. The highest BCUT2D eigenvalue weighted by molar-refractivity contribution is 6.04. The van der Waals surface area contributed by atoms with Crippen LogP contribution in [0.15, 0.2) is 54.7 Å². The molecule has 0 spiro atoms. The number of ether oxygens (including phenoxy) is 3. The number of pyridine rings is 1. The molecule has 0 unspecified atom stereocenters. The molecule has 0 aliphatic carbocycles. The first-order chi connectivity index (χ1) is 17.1. The lowest BCUT2D eigenvalue weighted by Gasteiger charge is -2.19. The van der Waals surface area contributed by atoms with Gasteiger partial charge in [0.25, 0.3) is 5.91 Å². The number of hydrogen-bond acceptors (Lipinski definition) is 6. The SMILES string of the molecule is COC[C@H](C)Oc1cc(O[C@@H](C)Cc2cc(F)cc(F)c2)cc(C(=O)Nc2ccc(C(=O)O)cn2)c1. The molecule has 3 rings (SSSR count). The average molecular weight is 500 g/mol. The maximum atomic E-state index is 13.5. The van der Waals surface area contributed by atoms with Crippen LogP contribution in [0.2, 0.25) is 0 Å². The second kappa shape index (κ2) is 12.1. The van der Waals surface area contributed by atoms with E-state index in [-0.39, 0.29) is 29.5 Å². The number of anilines is 1. The van der Waals surface area contributed by atoms with Crippen molar-refractivity contribution in [1.82, 2.24) is 4.98 Å². The van der Waals surface area contributed by atoms with Crippen molar-refractivity contribution in [2.75, 3.05) is 19.0 Å². The Labute approximate surface area is 206 Å². The molecule has 0 fully saturated rings. The summed E-state index contributed by atoms with van der Waals surface area (Å²) < 4.78 is 44.0. The number of hydrogen-bond donors (Lipinski definition) is 2. The highest BCUT2D eigenvalue weighted by atomic mass is 19.1. The van der Waals surface area contributed by atoms with E-state index >= 15 is 0 Å². The molecule has 0 aliphatic rings. The molecule has 0 bridgehead atoms. The van der Waals surface area contributed by atoms with Crippen molar-refractivity contribution in [3.63, 3.8) is 0 Å². The number of benzene rings is 2. The van der Waals surface area contributed by atoms with Crippen LogP contribution in [0.4, 0.5) is 14.6 Å². The summed E-state index contributed by atoms with van der Waals surface area (Å²) in [6, 6.07) is 10.6. The minimum atomic E-state index is -1.13. The van der Waals surface area contributed by atoms with Gasteiger partial charge < -0.3 is 24.6 Å². The molecular weight excluding hydrogens is 474 g/mol. The summed E-state index contributed by atoms with van der Waals surface area (Å²) in [5.74, 6) is -2.20. The zero-order chi connectivity index (χ0) is 26.2. The standard InChI is InChI=1S/C26H26F2N2O6/c1-15(6-17-7-20(27)11-21(28)8-17)35-22-9-19(10-23(12-22)36-16(2)14-34-3)25(31)30-24-5-4-18(13-29-24)26(32)33/h4-5,7-13,15-16H,6,14H2,1-3H3,(H,32,33)(H,29,30,31)/t15-,16-/m0/s1. The van der Waals surface area contributed by atoms with E-state index in [1.807, 2.05) is 0 Å². The predicted molar refractivity (Wildman–Crippen MR) is 128 cm³/mol. The van der Waals surface area contributed by atoms with Crippen molar-refractivity contribution in [3.8, 4) is 11.5 Å². The number of rotatable bonds is 11.